The predicted molar refractivity (Wildman–Crippen MR) is 78.9 cm³/mol. The molecule has 8 N–H and O–H groups in total. The smallest absolute Gasteiger partial charge is 0.221 e. The van der Waals surface area contributed by atoms with Crippen LogP contribution in [-0.2, 0) is 9.59 Å². The van der Waals surface area contributed by atoms with Crippen LogP contribution >= 0.6 is 0 Å². The Morgan fingerprint density at radius 2 is 1.20 bits per heavy atom. The van der Waals surface area contributed by atoms with Crippen LogP contribution in [0.5, 0.6) is 0 Å². The largest absolute Gasteiger partial charge is 0.355 e. The van der Waals surface area contributed by atoms with Gasteiger partial charge in [-0.3, -0.25) is 9.59 Å². The Bertz CT molecular complexity index is 251. The fourth-order valence-electron chi connectivity index (χ4n) is 1.64. The van der Waals surface area contributed by atoms with E-state index >= 15 is 0 Å². The van der Waals surface area contributed by atoms with E-state index < -0.39 is 0 Å². The van der Waals surface area contributed by atoms with E-state index in [4.69, 9.17) is 17.2 Å². The number of rotatable bonds is 12. The van der Waals surface area contributed by atoms with Gasteiger partial charge in [-0.2, -0.15) is 0 Å². The summed E-state index contributed by atoms with van der Waals surface area (Å²) >= 11 is 0. The SMILES string of the molecule is NCCNC(=O)CCN(CCN)CCC(=O)NCCN. The average molecular weight is 288 g/mol. The third-order valence-electron chi connectivity index (χ3n) is 2.69. The molecule has 0 fully saturated rings. The number of carbonyl (C=O) groups is 2. The Balaban J connectivity index is 3.91. The molecule has 0 aromatic carbocycles. The molecular weight excluding hydrogens is 260 g/mol. The van der Waals surface area contributed by atoms with Crippen LogP contribution in [0.3, 0.4) is 0 Å². The summed E-state index contributed by atoms with van der Waals surface area (Å²) in [6.07, 6.45) is 0.759. The van der Waals surface area contributed by atoms with Gasteiger partial charge in [0.2, 0.25) is 11.8 Å². The van der Waals surface area contributed by atoms with E-state index in [0.29, 0.717) is 65.2 Å². The summed E-state index contributed by atoms with van der Waals surface area (Å²) in [5, 5.41) is 5.42. The topological polar surface area (TPSA) is 140 Å². The minimum atomic E-state index is -0.0370. The molecule has 8 nitrogen and oxygen atoms in total. The highest BCUT2D eigenvalue weighted by atomic mass is 16.2. The van der Waals surface area contributed by atoms with Crippen LogP contribution < -0.4 is 27.8 Å². The first kappa shape index (κ1) is 18.8. The molecular formula is C12H28N6O2. The number of nitrogens with two attached hydrogens (primary N) is 3. The molecule has 0 bridgehead atoms. The highest BCUT2D eigenvalue weighted by molar-refractivity contribution is 5.76. The van der Waals surface area contributed by atoms with Crippen LogP contribution in [0.2, 0.25) is 0 Å². The van der Waals surface area contributed by atoms with Crippen LogP contribution in [0, 0.1) is 0 Å². The average Bonchev–Trinajstić information content (AvgIpc) is 2.45. The van der Waals surface area contributed by atoms with E-state index in [-0.39, 0.29) is 11.8 Å². The highest BCUT2D eigenvalue weighted by Gasteiger charge is 2.09. The van der Waals surface area contributed by atoms with E-state index in [9.17, 15) is 9.59 Å². The van der Waals surface area contributed by atoms with Gasteiger partial charge in [-0.1, -0.05) is 0 Å². The van der Waals surface area contributed by atoms with Crippen molar-refractivity contribution in [2.45, 2.75) is 12.8 Å². The van der Waals surface area contributed by atoms with Gasteiger partial charge in [-0.25, -0.2) is 0 Å². The van der Waals surface area contributed by atoms with Crippen LogP contribution in [0.15, 0.2) is 0 Å². The lowest BCUT2D eigenvalue weighted by molar-refractivity contribution is -0.121. The molecule has 0 saturated heterocycles. The van der Waals surface area contributed by atoms with Crippen molar-refractivity contribution in [1.82, 2.24) is 15.5 Å². The lowest BCUT2D eigenvalue weighted by Crippen LogP contribution is -2.38. The molecule has 8 heteroatoms. The summed E-state index contributed by atoms with van der Waals surface area (Å²) < 4.78 is 0. The lowest BCUT2D eigenvalue weighted by atomic mass is 10.3. The summed E-state index contributed by atoms with van der Waals surface area (Å²) in [5.41, 5.74) is 16.1. The Morgan fingerprint density at radius 1 is 0.750 bits per heavy atom. The van der Waals surface area contributed by atoms with Crippen molar-refractivity contribution >= 4 is 11.8 Å². The summed E-state index contributed by atoms with van der Waals surface area (Å²) in [5.74, 6) is -0.0740. The maximum atomic E-state index is 11.5. The second kappa shape index (κ2) is 12.8. The Kier molecular flexibility index (Phi) is 12.0. The van der Waals surface area contributed by atoms with Crippen molar-refractivity contribution in [3.8, 4) is 0 Å². The molecule has 0 aromatic rings. The number of nitrogens with zero attached hydrogens (tertiary/aromatic N) is 1. The molecule has 0 saturated carbocycles. The Hall–Kier alpha value is -1.22. The van der Waals surface area contributed by atoms with Gasteiger partial charge < -0.3 is 32.7 Å². The summed E-state index contributed by atoms with van der Waals surface area (Å²) in [6, 6.07) is 0. The summed E-state index contributed by atoms with van der Waals surface area (Å²) in [7, 11) is 0. The molecule has 0 spiro atoms. The van der Waals surface area contributed by atoms with Gasteiger partial charge in [-0.15, -0.1) is 0 Å². The fraction of sp³-hybridized carbons (Fsp3) is 0.833. The number of nitrogens with one attached hydrogen (secondary N) is 2. The molecule has 0 unspecified atom stereocenters. The van der Waals surface area contributed by atoms with Crippen molar-refractivity contribution in [3.05, 3.63) is 0 Å². The third kappa shape index (κ3) is 10.7. The third-order valence-corrected chi connectivity index (χ3v) is 2.69. The van der Waals surface area contributed by atoms with E-state index in [1.54, 1.807) is 0 Å². The van der Waals surface area contributed by atoms with E-state index in [2.05, 4.69) is 10.6 Å². The van der Waals surface area contributed by atoms with Gasteiger partial charge in [0, 0.05) is 65.2 Å². The minimum Gasteiger partial charge on any atom is -0.355 e. The molecule has 0 aromatic heterocycles. The van der Waals surface area contributed by atoms with E-state index in [0.717, 1.165) is 0 Å². The molecule has 0 aliphatic carbocycles. The monoisotopic (exact) mass is 288 g/mol. The number of hydrogen-bond acceptors (Lipinski definition) is 6. The van der Waals surface area contributed by atoms with Gasteiger partial charge in [0.05, 0.1) is 0 Å². The molecule has 0 heterocycles. The molecule has 0 aliphatic rings. The zero-order valence-electron chi connectivity index (χ0n) is 12.1. The van der Waals surface area contributed by atoms with Gasteiger partial charge >= 0.3 is 0 Å². The second-order valence-electron chi connectivity index (χ2n) is 4.41. The van der Waals surface area contributed by atoms with Crippen LogP contribution in [0.25, 0.3) is 0 Å². The molecule has 0 rings (SSSR count). The van der Waals surface area contributed by atoms with Crippen LogP contribution in [0.4, 0.5) is 0 Å². The van der Waals surface area contributed by atoms with Crippen LogP contribution in [-0.4, -0.2) is 69.1 Å². The number of carbonyl (C=O) groups excluding carboxylic acids is 2. The maximum absolute atomic E-state index is 11.5. The van der Waals surface area contributed by atoms with Crippen molar-refractivity contribution in [2.75, 3.05) is 52.4 Å². The maximum Gasteiger partial charge on any atom is 0.221 e. The summed E-state index contributed by atoms with van der Waals surface area (Å²) in [6.45, 7) is 4.15. The number of hydrogen-bond donors (Lipinski definition) is 5. The Labute approximate surface area is 120 Å². The normalized spacial score (nSPS) is 10.6. The van der Waals surface area contributed by atoms with Crippen molar-refractivity contribution in [3.63, 3.8) is 0 Å². The fourth-order valence-corrected chi connectivity index (χ4v) is 1.64. The van der Waals surface area contributed by atoms with Crippen molar-refractivity contribution < 1.29 is 9.59 Å². The molecule has 2 amide bonds. The quantitative estimate of drug-likeness (QED) is 0.262. The van der Waals surface area contributed by atoms with E-state index in [1.165, 1.54) is 0 Å². The molecule has 0 radical (unpaired) electrons. The first-order valence-electron chi connectivity index (χ1n) is 7.00. The predicted octanol–water partition coefficient (Wildman–Crippen LogP) is -2.82. The van der Waals surface area contributed by atoms with E-state index in [1.807, 2.05) is 4.90 Å². The Morgan fingerprint density at radius 3 is 1.55 bits per heavy atom. The zero-order chi connectivity index (χ0) is 15.2. The minimum absolute atomic E-state index is 0.0370. The first-order valence-corrected chi connectivity index (χ1v) is 7.00. The first-order chi connectivity index (χ1) is 9.63. The van der Waals surface area contributed by atoms with Crippen molar-refractivity contribution in [2.24, 2.45) is 17.2 Å². The molecule has 0 aliphatic heterocycles. The van der Waals surface area contributed by atoms with Gasteiger partial charge in [0.1, 0.15) is 0 Å². The number of amides is 2. The van der Waals surface area contributed by atoms with Crippen molar-refractivity contribution in [1.29, 1.82) is 0 Å². The molecule has 0 atom stereocenters. The molecule has 118 valence electrons. The van der Waals surface area contributed by atoms with Gasteiger partial charge in [0.25, 0.3) is 0 Å². The van der Waals surface area contributed by atoms with Crippen LogP contribution in [0.1, 0.15) is 12.8 Å². The second-order valence-corrected chi connectivity index (χ2v) is 4.41. The molecule has 20 heavy (non-hydrogen) atoms. The zero-order valence-corrected chi connectivity index (χ0v) is 12.1. The van der Waals surface area contributed by atoms with Gasteiger partial charge in [-0.05, 0) is 0 Å². The lowest BCUT2D eigenvalue weighted by Gasteiger charge is -2.21. The standard InChI is InChI=1S/C12H28N6O2/c13-3-6-16-11(19)1-8-18(10-5-15)9-2-12(20)17-7-4-14/h1-10,13-15H2,(H,16,19)(H,17,20). The van der Waals surface area contributed by atoms with Gasteiger partial charge in [0.15, 0.2) is 0 Å². The summed E-state index contributed by atoms with van der Waals surface area (Å²) in [4.78, 5) is 24.9. The highest BCUT2D eigenvalue weighted by Crippen LogP contribution is 1.94.